The van der Waals surface area contributed by atoms with Crippen LogP contribution in [-0.2, 0) is 0 Å². The average molecular weight is 285 g/mol. The highest BCUT2D eigenvalue weighted by Gasteiger charge is 2.31. The third kappa shape index (κ3) is 3.31. The summed E-state index contributed by atoms with van der Waals surface area (Å²) < 4.78 is 53.2. The van der Waals surface area contributed by atoms with Crippen molar-refractivity contribution >= 4 is 6.29 Å². The minimum absolute atomic E-state index is 0.168. The molecule has 0 saturated heterocycles. The van der Waals surface area contributed by atoms with Gasteiger partial charge >= 0.3 is 6.36 Å². The molecule has 3 nitrogen and oxygen atoms in total. The summed E-state index contributed by atoms with van der Waals surface area (Å²) in [6.45, 7) is 0. The van der Waals surface area contributed by atoms with E-state index in [1.165, 1.54) is 12.1 Å². The molecule has 2 rings (SSSR count). The molecule has 1 aromatic heterocycles. The Kier molecular flexibility index (Phi) is 3.69. The third-order valence-corrected chi connectivity index (χ3v) is 2.38. The van der Waals surface area contributed by atoms with E-state index in [-0.39, 0.29) is 16.8 Å². The smallest absolute Gasteiger partial charge is 0.406 e. The first-order valence-corrected chi connectivity index (χ1v) is 5.36. The SMILES string of the molecule is O=Cc1cc(-c2cccc(OC(F)(F)F)c2)ncc1F. The van der Waals surface area contributed by atoms with Gasteiger partial charge in [0.05, 0.1) is 17.5 Å². The number of benzene rings is 1. The number of carbonyl (C=O) groups excluding carboxylic acids is 1. The fraction of sp³-hybridized carbons (Fsp3) is 0.0769. The first-order chi connectivity index (χ1) is 9.39. The standard InChI is InChI=1S/C13H7F4NO2/c14-11-6-18-12(5-9(11)7-19)8-2-1-3-10(4-8)20-13(15,16)17/h1-7H. The van der Waals surface area contributed by atoms with Gasteiger partial charge in [-0.25, -0.2) is 4.39 Å². The number of ether oxygens (including phenoxy) is 1. The third-order valence-electron chi connectivity index (χ3n) is 2.38. The fourth-order valence-corrected chi connectivity index (χ4v) is 1.55. The molecule has 1 aromatic carbocycles. The van der Waals surface area contributed by atoms with Gasteiger partial charge in [-0.3, -0.25) is 9.78 Å². The molecule has 0 unspecified atom stereocenters. The summed E-state index contributed by atoms with van der Waals surface area (Å²) in [6.07, 6.45) is -3.67. The predicted molar refractivity (Wildman–Crippen MR) is 61.7 cm³/mol. The minimum atomic E-state index is -4.80. The van der Waals surface area contributed by atoms with Crippen molar-refractivity contribution in [3.63, 3.8) is 0 Å². The van der Waals surface area contributed by atoms with Crippen LogP contribution in [0.5, 0.6) is 5.75 Å². The number of hydrogen-bond donors (Lipinski definition) is 0. The number of rotatable bonds is 3. The fourth-order valence-electron chi connectivity index (χ4n) is 1.55. The molecular weight excluding hydrogens is 278 g/mol. The zero-order valence-electron chi connectivity index (χ0n) is 9.82. The Morgan fingerprint density at radius 1 is 1.20 bits per heavy atom. The maximum Gasteiger partial charge on any atom is 0.573 e. The Balaban J connectivity index is 2.38. The van der Waals surface area contributed by atoms with E-state index < -0.39 is 17.9 Å². The molecule has 1 heterocycles. The number of halogens is 4. The lowest BCUT2D eigenvalue weighted by atomic mass is 10.1. The summed E-state index contributed by atoms with van der Waals surface area (Å²) in [4.78, 5) is 14.3. The van der Waals surface area contributed by atoms with Crippen molar-refractivity contribution < 1.29 is 27.1 Å². The maximum atomic E-state index is 13.1. The van der Waals surface area contributed by atoms with E-state index in [9.17, 15) is 22.4 Å². The molecule has 2 aromatic rings. The molecule has 0 N–H and O–H groups in total. The van der Waals surface area contributed by atoms with Crippen molar-refractivity contribution in [3.8, 4) is 17.0 Å². The molecule has 0 saturated carbocycles. The molecule has 0 atom stereocenters. The second kappa shape index (κ2) is 5.28. The van der Waals surface area contributed by atoms with Crippen LogP contribution in [0.2, 0.25) is 0 Å². The zero-order valence-corrected chi connectivity index (χ0v) is 9.82. The maximum absolute atomic E-state index is 13.1. The quantitative estimate of drug-likeness (QED) is 0.639. The second-order valence-electron chi connectivity index (χ2n) is 3.78. The van der Waals surface area contributed by atoms with Crippen LogP contribution in [0.4, 0.5) is 17.6 Å². The minimum Gasteiger partial charge on any atom is -0.406 e. The van der Waals surface area contributed by atoms with Crippen molar-refractivity contribution in [2.75, 3.05) is 0 Å². The average Bonchev–Trinajstić information content (AvgIpc) is 2.37. The van der Waals surface area contributed by atoms with Gasteiger partial charge in [0.1, 0.15) is 5.75 Å². The summed E-state index contributed by atoms with van der Waals surface area (Å²) in [5, 5.41) is 0. The highest BCUT2D eigenvalue weighted by molar-refractivity contribution is 5.78. The Morgan fingerprint density at radius 3 is 2.60 bits per heavy atom. The highest BCUT2D eigenvalue weighted by Crippen LogP contribution is 2.27. The predicted octanol–water partition coefficient (Wildman–Crippen LogP) is 3.60. The summed E-state index contributed by atoms with van der Waals surface area (Å²) >= 11 is 0. The van der Waals surface area contributed by atoms with Gasteiger partial charge < -0.3 is 4.74 Å². The lowest BCUT2D eigenvalue weighted by Gasteiger charge is -2.10. The summed E-state index contributed by atoms with van der Waals surface area (Å²) in [5.74, 6) is -1.22. The van der Waals surface area contributed by atoms with Crippen LogP contribution >= 0.6 is 0 Å². The van der Waals surface area contributed by atoms with Crippen LogP contribution in [0.15, 0.2) is 36.5 Å². The molecule has 0 fully saturated rings. The number of aldehydes is 1. The normalized spacial score (nSPS) is 11.2. The van der Waals surface area contributed by atoms with Crippen molar-refractivity contribution in [3.05, 3.63) is 47.9 Å². The number of carbonyl (C=O) groups is 1. The number of hydrogen-bond acceptors (Lipinski definition) is 3. The number of nitrogens with zero attached hydrogens (tertiary/aromatic N) is 1. The molecule has 0 aliphatic rings. The van der Waals surface area contributed by atoms with Gasteiger partial charge in [0.25, 0.3) is 0 Å². The van der Waals surface area contributed by atoms with Crippen LogP contribution in [0.3, 0.4) is 0 Å². The lowest BCUT2D eigenvalue weighted by molar-refractivity contribution is -0.274. The van der Waals surface area contributed by atoms with E-state index in [1.54, 1.807) is 0 Å². The number of pyridine rings is 1. The molecule has 104 valence electrons. The first kappa shape index (κ1) is 14.0. The zero-order chi connectivity index (χ0) is 14.8. The molecule has 0 spiro atoms. The summed E-state index contributed by atoms with van der Waals surface area (Å²) in [6, 6.07) is 6.18. The molecule has 0 aliphatic heterocycles. The van der Waals surface area contributed by atoms with E-state index >= 15 is 0 Å². The summed E-state index contributed by atoms with van der Waals surface area (Å²) in [5.41, 5.74) is 0.216. The Labute approximate surface area is 110 Å². The van der Waals surface area contributed by atoms with Gasteiger partial charge in [-0.05, 0) is 18.2 Å². The molecular formula is C13H7F4NO2. The molecule has 0 radical (unpaired) electrons. The topological polar surface area (TPSA) is 39.2 Å². The van der Waals surface area contributed by atoms with Gasteiger partial charge in [0, 0.05) is 5.56 Å². The van der Waals surface area contributed by atoms with Gasteiger partial charge in [-0.1, -0.05) is 12.1 Å². The number of aromatic nitrogens is 1. The summed E-state index contributed by atoms with van der Waals surface area (Å²) in [7, 11) is 0. The van der Waals surface area contributed by atoms with Gasteiger partial charge in [-0.2, -0.15) is 0 Å². The van der Waals surface area contributed by atoms with Crippen molar-refractivity contribution in [2.45, 2.75) is 6.36 Å². The van der Waals surface area contributed by atoms with Gasteiger partial charge in [-0.15, -0.1) is 13.2 Å². The van der Waals surface area contributed by atoms with Crippen LogP contribution in [0, 0.1) is 5.82 Å². The van der Waals surface area contributed by atoms with Crippen LogP contribution < -0.4 is 4.74 Å². The van der Waals surface area contributed by atoms with E-state index in [1.807, 2.05) is 0 Å². The molecule has 7 heteroatoms. The van der Waals surface area contributed by atoms with Crippen LogP contribution in [0.1, 0.15) is 10.4 Å². The Morgan fingerprint density at radius 2 is 1.95 bits per heavy atom. The highest BCUT2D eigenvalue weighted by atomic mass is 19.4. The van der Waals surface area contributed by atoms with E-state index in [0.717, 1.165) is 24.4 Å². The number of alkyl halides is 3. The van der Waals surface area contributed by atoms with Crippen molar-refractivity contribution in [1.29, 1.82) is 0 Å². The van der Waals surface area contributed by atoms with Gasteiger partial charge in [0.2, 0.25) is 0 Å². The monoisotopic (exact) mass is 285 g/mol. The largest absolute Gasteiger partial charge is 0.573 e. The molecule has 0 aliphatic carbocycles. The first-order valence-electron chi connectivity index (χ1n) is 5.36. The molecule has 0 amide bonds. The lowest BCUT2D eigenvalue weighted by Crippen LogP contribution is -2.17. The van der Waals surface area contributed by atoms with Crippen molar-refractivity contribution in [2.24, 2.45) is 0 Å². The van der Waals surface area contributed by atoms with E-state index in [4.69, 9.17) is 0 Å². The van der Waals surface area contributed by atoms with E-state index in [0.29, 0.717) is 6.29 Å². The Hall–Kier alpha value is -2.44. The van der Waals surface area contributed by atoms with Crippen LogP contribution in [-0.4, -0.2) is 17.6 Å². The molecule has 0 bridgehead atoms. The van der Waals surface area contributed by atoms with Crippen LogP contribution in [0.25, 0.3) is 11.3 Å². The van der Waals surface area contributed by atoms with Crippen molar-refractivity contribution in [1.82, 2.24) is 4.98 Å². The van der Waals surface area contributed by atoms with Gasteiger partial charge in [0.15, 0.2) is 12.1 Å². The second-order valence-corrected chi connectivity index (χ2v) is 3.78. The Bertz CT molecular complexity index is 641. The molecule has 20 heavy (non-hydrogen) atoms. The van der Waals surface area contributed by atoms with E-state index in [2.05, 4.69) is 9.72 Å².